The van der Waals surface area contributed by atoms with Gasteiger partial charge in [0.15, 0.2) is 10.2 Å². The highest BCUT2D eigenvalue weighted by molar-refractivity contribution is 7.80. The summed E-state index contributed by atoms with van der Waals surface area (Å²) in [5.74, 6) is -0.638. The van der Waals surface area contributed by atoms with E-state index in [1.54, 1.807) is 48.5 Å². The van der Waals surface area contributed by atoms with Crippen LogP contribution in [0.3, 0.4) is 0 Å². The summed E-state index contributed by atoms with van der Waals surface area (Å²) >= 11 is 11.4. The lowest BCUT2D eigenvalue weighted by Crippen LogP contribution is -2.52. The molecule has 0 spiro atoms. The number of hydrogen-bond donors (Lipinski definition) is 3. The van der Waals surface area contributed by atoms with Gasteiger partial charge in [-0.05, 0) is 77.9 Å². The minimum absolute atomic E-state index is 0.139. The summed E-state index contributed by atoms with van der Waals surface area (Å²) in [5, 5.41) is 9.28. The van der Waals surface area contributed by atoms with Crippen LogP contribution in [0.15, 0.2) is 109 Å². The molecule has 188 valence electrons. The van der Waals surface area contributed by atoms with Gasteiger partial charge in [-0.3, -0.25) is 25.1 Å². The Morgan fingerprint density at radius 3 is 1.84 bits per heavy atom. The Labute approximate surface area is 231 Å². The minimum Gasteiger partial charge on any atom is -0.338 e. The third kappa shape index (κ3) is 5.46. The van der Waals surface area contributed by atoms with Crippen molar-refractivity contribution in [2.24, 2.45) is 0 Å². The van der Waals surface area contributed by atoms with Crippen molar-refractivity contribution >= 4 is 52.2 Å². The Hall–Kier alpha value is -4.40. The molecule has 1 aliphatic rings. The normalized spacial score (nSPS) is 13.8. The van der Waals surface area contributed by atoms with Crippen molar-refractivity contribution in [3.8, 4) is 0 Å². The predicted molar refractivity (Wildman–Crippen MR) is 157 cm³/mol. The maximum atomic E-state index is 13.0. The van der Waals surface area contributed by atoms with Gasteiger partial charge in [0.05, 0.1) is 0 Å². The topological polar surface area (TPSA) is 73.5 Å². The lowest BCUT2D eigenvalue weighted by Gasteiger charge is -2.35. The van der Waals surface area contributed by atoms with E-state index in [9.17, 15) is 9.59 Å². The highest BCUT2D eigenvalue weighted by Gasteiger charge is 2.32. The molecule has 0 fully saturated rings. The molecule has 6 nitrogen and oxygen atoms in total. The van der Waals surface area contributed by atoms with Crippen molar-refractivity contribution < 1.29 is 9.59 Å². The number of benzene rings is 4. The summed E-state index contributed by atoms with van der Waals surface area (Å²) < 4.78 is 0. The van der Waals surface area contributed by atoms with Gasteiger partial charge in [0.1, 0.15) is 6.17 Å². The number of nitrogens with one attached hydrogen (secondary N) is 3. The number of anilines is 1. The van der Waals surface area contributed by atoms with Gasteiger partial charge in [-0.1, -0.05) is 78.9 Å². The highest BCUT2D eigenvalue weighted by Crippen LogP contribution is 2.36. The lowest BCUT2D eigenvalue weighted by molar-refractivity contribution is 0.0969. The summed E-state index contributed by atoms with van der Waals surface area (Å²) in [7, 11) is 0. The zero-order valence-corrected chi connectivity index (χ0v) is 21.9. The third-order valence-corrected chi connectivity index (χ3v) is 6.76. The van der Waals surface area contributed by atoms with E-state index in [1.807, 2.05) is 59.5 Å². The van der Waals surface area contributed by atoms with Gasteiger partial charge in [-0.25, -0.2) is 0 Å². The van der Waals surface area contributed by atoms with E-state index in [0.29, 0.717) is 17.5 Å². The number of carbonyl (C=O) groups excluding carboxylic acids is 2. The van der Waals surface area contributed by atoms with Crippen LogP contribution in [-0.2, 0) is 6.42 Å². The molecule has 0 saturated heterocycles. The smallest absolute Gasteiger partial charge is 0.257 e. The molecule has 1 aliphatic heterocycles. The van der Waals surface area contributed by atoms with Crippen LogP contribution in [-0.4, -0.2) is 22.0 Å². The van der Waals surface area contributed by atoms with Gasteiger partial charge in [0.2, 0.25) is 0 Å². The standard InChI is InChI=1S/C30H24N4O2S2/c35-27(20-11-3-1-4-12-20)32-29(37)31-26-24-17-9-7-15-22(24)19-23-16-8-10-18-25(23)34(26)30(38)33-28(36)21-13-5-2-6-14-21/h1-18,26H,19H2,(H,33,36,38)(H2,31,32,35,37). The molecule has 0 bridgehead atoms. The van der Waals surface area contributed by atoms with Crippen molar-refractivity contribution in [1.82, 2.24) is 16.0 Å². The van der Waals surface area contributed by atoms with Gasteiger partial charge >= 0.3 is 0 Å². The summed E-state index contributed by atoms with van der Waals surface area (Å²) in [4.78, 5) is 27.7. The first-order valence-corrected chi connectivity index (χ1v) is 12.8. The molecule has 0 radical (unpaired) electrons. The Morgan fingerprint density at radius 1 is 0.658 bits per heavy atom. The maximum Gasteiger partial charge on any atom is 0.257 e. The number of nitrogens with zero attached hydrogens (tertiary/aromatic N) is 1. The van der Waals surface area contributed by atoms with Crippen molar-refractivity contribution in [3.05, 3.63) is 137 Å². The fourth-order valence-electron chi connectivity index (χ4n) is 4.45. The molecule has 5 rings (SSSR count). The van der Waals surface area contributed by atoms with E-state index < -0.39 is 6.17 Å². The number of carbonyl (C=O) groups is 2. The summed E-state index contributed by atoms with van der Waals surface area (Å²) in [6.45, 7) is 0. The van der Waals surface area contributed by atoms with Gasteiger partial charge < -0.3 is 5.32 Å². The second-order valence-corrected chi connectivity index (χ2v) is 9.49. The number of thiocarbonyl (C=S) groups is 2. The first kappa shape index (κ1) is 25.3. The molecule has 1 unspecified atom stereocenters. The molecule has 1 atom stereocenters. The molecule has 0 aliphatic carbocycles. The van der Waals surface area contributed by atoms with Crippen LogP contribution in [0.4, 0.5) is 5.69 Å². The number of fused-ring (bicyclic) bond motifs is 2. The van der Waals surface area contributed by atoms with Crippen LogP contribution in [0.25, 0.3) is 0 Å². The van der Waals surface area contributed by atoms with Crippen LogP contribution in [0.2, 0.25) is 0 Å². The third-order valence-electron chi connectivity index (χ3n) is 6.25. The number of hydrogen-bond acceptors (Lipinski definition) is 4. The monoisotopic (exact) mass is 536 g/mol. The molecule has 0 saturated carbocycles. The van der Waals surface area contributed by atoms with Crippen LogP contribution >= 0.6 is 24.4 Å². The average molecular weight is 537 g/mol. The zero-order chi connectivity index (χ0) is 26.5. The molecule has 4 aromatic rings. The Kier molecular flexibility index (Phi) is 7.53. The summed E-state index contributed by atoms with van der Waals surface area (Å²) in [6.07, 6.45) is 0.0707. The van der Waals surface area contributed by atoms with Crippen LogP contribution in [0.1, 0.15) is 43.6 Å². The SMILES string of the molecule is O=C(NC(=S)NC1c2ccccc2Cc2ccccc2N1C(=S)NC(=O)c1ccccc1)c1ccccc1. The lowest BCUT2D eigenvalue weighted by atomic mass is 10.00. The largest absolute Gasteiger partial charge is 0.338 e. The molecule has 8 heteroatoms. The van der Waals surface area contributed by atoms with E-state index in [0.717, 1.165) is 22.4 Å². The minimum atomic E-state index is -0.595. The average Bonchev–Trinajstić information content (AvgIpc) is 3.08. The Morgan fingerprint density at radius 2 is 1.18 bits per heavy atom. The predicted octanol–water partition coefficient (Wildman–Crippen LogP) is 5.12. The van der Waals surface area contributed by atoms with Gasteiger partial charge in [0.25, 0.3) is 11.8 Å². The van der Waals surface area contributed by atoms with Crippen LogP contribution in [0, 0.1) is 0 Å². The van der Waals surface area contributed by atoms with E-state index in [1.165, 1.54) is 0 Å². The van der Waals surface area contributed by atoms with E-state index in [4.69, 9.17) is 24.4 Å². The number of rotatable bonds is 3. The molecule has 38 heavy (non-hydrogen) atoms. The fourth-order valence-corrected chi connectivity index (χ4v) is 4.95. The van der Waals surface area contributed by atoms with E-state index in [2.05, 4.69) is 22.0 Å². The van der Waals surface area contributed by atoms with Crippen LogP contribution < -0.4 is 20.9 Å². The highest BCUT2D eigenvalue weighted by atomic mass is 32.1. The summed E-state index contributed by atoms with van der Waals surface area (Å²) in [5.41, 5.74) is 4.86. The van der Waals surface area contributed by atoms with Crippen molar-refractivity contribution in [2.75, 3.05) is 4.90 Å². The van der Waals surface area contributed by atoms with Crippen molar-refractivity contribution in [1.29, 1.82) is 0 Å². The van der Waals surface area contributed by atoms with Gasteiger partial charge in [-0.2, -0.15) is 0 Å². The Balaban J connectivity index is 1.50. The van der Waals surface area contributed by atoms with E-state index >= 15 is 0 Å². The molecule has 0 aromatic heterocycles. The second-order valence-electron chi connectivity index (χ2n) is 8.70. The summed E-state index contributed by atoms with van der Waals surface area (Å²) in [6, 6.07) is 33.7. The molecule has 4 aromatic carbocycles. The van der Waals surface area contributed by atoms with Gasteiger partial charge in [0, 0.05) is 16.8 Å². The molecular weight excluding hydrogens is 512 g/mol. The molecule has 1 heterocycles. The van der Waals surface area contributed by atoms with Crippen LogP contribution in [0.5, 0.6) is 0 Å². The Bertz CT molecular complexity index is 1510. The van der Waals surface area contributed by atoms with Crippen molar-refractivity contribution in [2.45, 2.75) is 12.6 Å². The van der Waals surface area contributed by atoms with Crippen molar-refractivity contribution in [3.63, 3.8) is 0 Å². The number of amides is 2. The first-order valence-electron chi connectivity index (χ1n) is 12.0. The first-order chi connectivity index (χ1) is 18.5. The maximum absolute atomic E-state index is 13.0. The fraction of sp³-hybridized carbons (Fsp3) is 0.0667. The van der Waals surface area contributed by atoms with Gasteiger partial charge in [-0.15, -0.1) is 0 Å². The van der Waals surface area contributed by atoms with E-state index in [-0.39, 0.29) is 22.0 Å². The molecule has 3 N–H and O–H groups in total. The zero-order valence-electron chi connectivity index (χ0n) is 20.3. The quantitative estimate of drug-likeness (QED) is 0.316. The molecular formula is C30H24N4O2S2. The number of para-hydroxylation sites is 1. The molecule has 2 amide bonds. The second kappa shape index (κ2) is 11.3.